The Morgan fingerprint density at radius 2 is 1.85 bits per heavy atom. The maximum atomic E-state index is 12.5. The van der Waals surface area contributed by atoms with Crippen LogP contribution in [0.5, 0.6) is 11.5 Å². The van der Waals surface area contributed by atoms with Crippen LogP contribution in [0.1, 0.15) is 46.0 Å². The van der Waals surface area contributed by atoms with Gasteiger partial charge in [-0.25, -0.2) is 4.79 Å². The van der Waals surface area contributed by atoms with Gasteiger partial charge in [-0.15, -0.1) is 0 Å². The lowest BCUT2D eigenvalue weighted by atomic mass is 10.1. The predicted octanol–water partition coefficient (Wildman–Crippen LogP) is 4.33. The van der Waals surface area contributed by atoms with E-state index in [2.05, 4.69) is 15.9 Å². The number of methoxy groups -OCH3 is 1. The van der Waals surface area contributed by atoms with Crippen molar-refractivity contribution in [3.05, 3.63) is 45.2 Å². The number of hydrogen-bond donors (Lipinski definition) is 0. The first-order valence-electron chi connectivity index (χ1n) is 8.71. The molecular formula is C20H24BrNO5. The van der Waals surface area contributed by atoms with Gasteiger partial charge in [0.1, 0.15) is 0 Å². The van der Waals surface area contributed by atoms with E-state index < -0.39 is 5.97 Å². The van der Waals surface area contributed by atoms with E-state index in [9.17, 15) is 9.59 Å². The molecule has 0 bridgehead atoms. The summed E-state index contributed by atoms with van der Waals surface area (Å²) in [6, 6.07) is 4.94. The smallest absolute Gasteiger partial charge is 0.338 e. The molecule has 6 nitrogen and oxygen atoms in total. The van der Waals surface area contributed by atoms with E-state index in [1.165, 1.54) is 13.2 Å². The third-order valence-corrected chi connectivity index (χ3v) is 4.87. The second-order valence-corrected chi connectivity index (χ2v) is 6.81. The van der Waals surface area contributed by atoms with Gasteiger partial charge in [0.05, 0.1) is 23.8 Å². The van der Waals surface area contributed by atoms with Crippen molar-refractivity contribution < 1.29 is 23.8 Å². The van der Waals surface area contributed by atoms with Crippen LogP contribution in [0, 0.1) is 13.8 Å². The number of esters is 1. The number of nitrogens with zero attached hydrogens (tertiary/aromatic N) is 1. The molecule has 0 radical (unpaired) electrons. The average molecular weight is 438 g/mol. The van der Waals surface area contributed by atoms with Gasteiger partial charge in [-0.1, -0.05) is 0 Å². The quantitative estimate of drug-likeness (QED) is 0.453. The molecule has 0 saturated carbocycles. The van der Waals surface area contributed by atoms with E-state index in [1.807, 2.05) is 38.3 Å². The fourth-order valence-electron chi connectivity index (χ4n) is 2.98. The van der Waals surface area contributed by atoms with Crippen LogP contribution >= 0.6 is 15.9 Å². The molecule has 0 aliphatic rings. The van der Waals surface area contributed by atoms with Crippen molar-refractivity contribution in [2.24, 2.45) is 0 Å². The first-order chi connectivity index (χ1) is 12.8. The monoisotopic (exact) mass is 437 g/mol. The van der Waals surface area contributed by atoms with Crippen LogP contribution in [0.3, 0.4) is 0 Å². The summed E-state index contributed by atoms with van der Waals surface area (Å²) in [5, 5.41) is 0. The standard InChI is InChI=1S/C20H24BrNO5/c1-6-22-12(3)8-15(13(22)4)17(23)11-27-20(24)14-9-16(21)19(26-7-2)18(10-14)25-5/h8-10H,6-7,11H2,1-5H3. The van der Waals surface area contributed by atoms with E-state index in [1.54, 1.807) is 6.07 Å². The van der Waals surface area contributed by atoms with Crippen LogP contribution < -0.4 is 9.47 Å². The van der Waals surface area contributed by atoms with Gasteiger partial charge in [-0.2, -0.15) is 0 Å². The molecule has 0 atom stereocenters. The zero-order valence-electron chi connectivity index (χ0n) is 16.2. The van der Waals surface area contributed by atoms with Crippen molar-refractivity contribution >= 4 is 27.7 Å². The molecule has 0 aliphatic carbocycles. The summed E-state index contributed by atoms with van der Waals surface area (Å²) in [6.45, 7) is 8.64. The number of ether oxygens (including phenoxy) is 3. The number of Topliss-reactive ketones (excluding diaryl/α,β-unsaturated/α-hetero) is 1. The molecule has 1 aromatic carbocycles. The summed E-state index contributed by atoms with van der Waals surface area (Å²) in [4.78, 5) is 24.9. The zero-order chi connectivity index (χ0) is 20.1. The van der Waals surface area contributed by atoms with Gasteiger partial charge in [0.15, 0.2) is 18.1 Å². The lowest BCUT2D eigenvalue weighted by molar-refractivity contribution is 0.0474. The Bertz CT molecular complexity index is 857. The number of rotatable bonds is 8. The molecule has 1 heterocycles. The minimum absolute atomic E-state index is 0.229. The van der Waals surface area contributed by atoms with E-state index in [0.717, 1.165) is 17.9 Å². The summed E-state index contributed by atoms with van der Waals surface area (Å²) >= 11 is 3.37. The molecule has 0 unspecified atom stereocenters. The second-order valence-electron chi connectivity index (χ2n) is 5.95. The Labute approximate surface area is 167 Å². The average Bonchev–Trinajstić information content (AvgIpc) is 2.94. The van der Waals surface area contributed by atoms with Gasteiger partial charge in [0.25, 0.3) is 0 Å². The fraction of sp³-hybridized carbons (Fsp3) is 0.400. The summed E-state index contributed by atoms with van der Waals surface area (Å²) in [6.07, 6.45) is 0. The lowest BCUT2D eigenvalue weighted by Gasteiger charge is -2.13. The van der Waals surface area contributed by atoms with Crippen molar-refractivity contribution in [2.75, 3.05) is 20.3 Å². The maximum absolute atomic E-state index is 12.5. The minimum Gasteiger partial charge on any atom is -0.493 e. The Hall–Kier alpha value is -2.28. The predicted molar refractivity (Wildman–Crippen MR) is 106 cm³/mol. The molecule has 0 spiro atoms. The molecule has 27 heavy (non-hydrogen) atoms. The van der Waals surface area contributed by atoms with Crippen molar-refractivity contribution in [1.82, 2.24) is 4.57 Å². The number of benzene rings is 1. The third kappa shape index (κ3) is 4.53. The Morgan fingerprint density at radius 3 is 2.41 bits per heavy atom. The molecular weight excluding hydrogens is 414 g/mol. The molecule has 1 aromatic heterocycles. The number of aromatic nitrogens is 1. The summed E-state index contributed by atoms with van der Waals surface area (Å²) in [5.41, 5.74) is 2.73. The van der Waals surface area contributed by atoms with Crippen LogP contribution in [-0.4, -0.2) is 36.6 Å². The summed E-state index contributed by atoms with van der Waals surface area (Å²) in [5.74, 6) is 0.0958. The van der Waals surface area contributed by atoms with Crippen LogP contribution in [-0.2, 0) is 11.3 Å². The molecule has 0 saturated heterocycles. The molecule has 0 fully saturated rings. The van der Waals surface area contributed by atoms with E-state index in [0.29, 0.717) is 28.1 Å². The highest BCUT2D eigenvalue weighted by molar-refractivity contribution is 9.10. The van der Waals surface area contributed by atoms with Crippen LogP contribution in [0.2, 0.25) is 0 Å². The van der Waals surface area contributed by atoms with Crippen LogP contribution in [0.4, 0.5) is 0 Å². The number of aryl methyl sites for hydroxylation is 1. The molecule has 0 aliphatic heterocycles. The molecule has 7 heteroatoms. The van der Waals surface area contributed by atoms with Crippen molar-refractivity contribution in [1.29, 1.82) is 0 Å². The molecule has 2 rings (SSSR count). The lowest BCUT2D eigenvalue weighted by Crippen LogP contribution is -2.15. The third-order valence-electron chi connectivity index (χ3n) is 4.28. The highest BCUT2D eigenvalue weighted by atomic mass is 79.9. The molecule has 2 aromatic rings. The summed E-state index contributed by atoms with van der Waals surface area (Å²) in [7, 11) is 1.49. The van der Waals surface area contributed by atoms with Gasteiger partial charge in [-0.05, 0) is 61.8 Å². The topological polar surface area (TPSA) is 66.8 Å². The van der Waals surface area contributed by atoms with Crippen molar-refractivity contribution in [3.63, 3.8) is 0 Å². The van der Waals surface area contributed by atoms with Gasteiger partial charge < -0.3 is 18.8 Å². The number of hydrogen-bond acceptors (Lipinski definition) is 5. The maximum Gasteiger partial charge on any atom is 0.338 e. The van der Waals surface area contributed by atoms with Crippen molar-refractivity contribution in [2.45, 2.75) is 34.2 Å². The second kappa shape index (κ2) is 9.08. The normalized spacial score (nSPS) is 10.6. The zero-order valence-corrected chi connectivity index (χ0v) is 17.8. The minimum atomic E-state index is -0.602. The van der Waals surface area contributed by atoms with Crippen LogP contribution in [0.25, 0.3) is 0 Å². The molecule has 146 valence electrons. The van der Waals surface area contributed by atoms with Crippen molar-refractivity contribution in [3.8, 4) is 11.5 Å². The fourth-order valence-corrected chi connectivity index (χ4v) is 3.54. The Balaban J connectivity index is 2.14. The number of ketones is 1. The van der Waals surface area contributed by atoms with E-state index in [4.69, 9.17) is 14.2 Å². The van der Waals surface area contributed by atoms with E-state index in [-0.39, 0.29) is 18.0 Å². The Kier molecular flexibility index (Phi) is 7.07. The Morgan fingerprint density at radius 1 is 1.15 bits per heavy atom. The van der Waals surface area contributed by atoms with Gasteiger partial charge in [0, 0.05) is 23.5 Å². The molecule has 0 amide bonds. The number of carbonyl (C=O) groups is 2. The largest absolute Gasteiger partial charge is 0.493 e. The highest BCUT2D eigenvalue weighted by Gasteiger charge is 2.19. The first kappa shape index (κ1) is 21.0. The molecule has 0 N–H and O–H groups in total. The highest BCUT2D eigenvalue weighted by Crippen LogP contribution is 2.36. The van der Waals surface area contributed by atoms with Gasteiger partial charge in [0.2, 0.25) is 5.78 Å². The first-order valence-corrected chi connectivity index (χ1v) is 9.50. The SMILES string of the molecule is CCOc1c(Br)cc(C(=O)OCC(=O)c2cc(C)n(CC)c2C)cc1OC. The summed E-state index contributed by atoms with van der Waals surface area (Å²) < 4.78 is 18.6. The number of halogens is 1. The van der Waals surface area contributed by atoms with Gasteiger partial charge >= 0.3 is 5.97 Å². The van der Waals surface area contributed by atoms with Gasteiger partial charge in [-0.3, -0.25) is 4.79 Å². The van der Waals surface area contributed by atoms with Crippen LogP contribution in [0.15, 0.2) is 22.7 Å². The number of carbonyl (C=O) groups excluding carboxylic acids is 2. The van der Waals surface area contributed by atoms with E-state index >= 15 is 0 Å².